The van der Waals surface area contributed by atoms with Gasteiger partial charge in [0.2, 0.25) is 0 Å². The highest BCUT2D eigenvalue weighted by Gasteiger charge is 2.23. The summed E-state index contributed by atoms with van der Waals surface area (Å²) in [5.41, 5.74) is 7.02. The van der Waals surface area contributed by atoms with E-state index in [4.69, 9.17) is 5.73 Å². The second kappa shape index (κ2) is 6.02. The average Bonchev–Trinajstić information content (AvgIpc) is 2.75. The highest BCUT2D eigenvalue weighted by atomic mass is 15.2. The summed E-state index contributed by atoms with van der Waals surface area (Å²) in [6, 6.07) is 11.5. The highest BCUT2D eigenvalue weighted by Crippen LogP contribution is 2.23. The predicted molar refractivity (Wildman–Crippen MR) is 68.2 cm³/mol. The lowest BCUT2D eigenvalue weighted by Crippen LogP contribution is -2.29. The first-order chi connectivity index (χ1) is 7.90. The van der Waals surface area contributed by atoms with Crippen molar-refractivity contribution < 1.29 is 0 Å². The molecule has 16 heavy (non-hydrogen) atoms. The van der Waals surface area contributed by atoms with Crippen LogP contribution in [-0.2, 0) is 6.54 Å². The third-order valence-electron chi connectivity index (χ3n) is 3.47. The maximum atomic E-state index is 5.59. The number of hydrogen-bond donors (Lipinski definition) is 1. The van der Waals surface area contributed by atoms with E-state index < -0.39 is 0 Å². The van der Waals surface area contributed by atoms with Crippen LogP contribution in [0.3, 0.4) is 0 Å². The molecule has 1 aromatic carbocycles. The van der Waals surface area contributed by atoms with E-state index in [-0.39, 0.29) is 0 Å². The minimum atomic E-state index is 0.767. The molecule has 2 N–H and O–H groups in total. The molecule has 88 valence electrons. The molecule has 0 bridgehead atoms. The first-order valence-corrected chi connectivity index (χ1v) is 6.38. The van der Waals surface area contributed by atoms with Crippen molar-refractivity contribution in [3.05, 3.63) is 35.9 Å². The van der Waals surface area contributed by atoms with Gasteiger partial charge in [-0.2, -0.15) is 0 Å². The summed E-state index contributed by atoms with van der Waals surface area (Å²) in [6.45, 7) is 3.19. The Morgan fingerprint density at radius 1 is 1.25 bits per heavy atom. The Hall–Kier alpha value is -0.860. The minimum absolute atomic E-state index is 0.767. The molecule has 1 unspecified atom stereocenters. The summed E-state index contributed by atoms with van der Waals surface area (Å²) >= 11 is 0. The lowest BCUT2D eigenvalue weighted by atomic mass is 10.1. The van der Waals surface area contributed by atoms with Crippen LogP contribution in [0.25, 0.3) is 0 Å². The number of likely N-dealkylation sites (tertiary alicyclic amines) is 1. The fourth-order valence-corrected chi connectivity index (χ4v) is 2.60. The summed E-state index contributed by atoms with van der Waals surface area (Å²) in [5, 5.41) is 0. The molecule has 2 nitrogen and oxygen atoms in total. The van der Waals surface area contributed by atoms with Crippen LogP contribution in [0, 0.1) is 0 Å². The fraction of sp³-hybridized carbons (Fsp3) is 0.571. The van der Waals surface area contributed by atoms with E-state index in [9.17, 15) is 0 Å². The third kappa shape index (κ3) is 3.06. The van der Waals surface area contributed by atoms with Gasteiger partial charge in [-0.3, -0.25) is 4.90 Å². The number of benzene rings is 1. The molecule has 0 spiro atoms. The third-order valence-corrected chi connectivity index (χ3v) is 3.47. The predicted octanol–water partition coefficient (Wildman–Crippen LogP) is 2.39. The van der Waals surface area contributed by atoms with Gasteiger partial charge in [0.25, 0.3) is 0 Å². The molecule has 0 aromatic heterocycles. The van der Waals surface area contributed by atoms with E-state index in [2.05, 4.69) is 35.2 Å². The van der Waals surface area contributed by atoms with Gasteiger partial charge >= 0.3 is 0 Å². The summed E-state index contributed by atoms with van der Waals surface area (Å²) in [5.74, 6) is 0. The molecule has 1 fully saturated rings. The van der Waals surface area contributed by atoms with Gasteiger partial charge in [0, 0.05) is 12.6 Å². The minimum Gasteiger partial charge on any atom is -0.330 e. The molecular weight excluding hydrogens is 196 g/mol. The zero-order valence-corrected chi connectivity index (χ0v) is 9.94. The monoisotopic (exact) mass is 218 g/mol. The van der Waals surface area contributed by atoms with E-state index in [1.54, 1.807) is 0 Å². The second-order valence-corrected chi connectivity index (χ2v) is 4.68. The molecule has 1 aromatic rings. The smallest absolute Gasteiger partial charge is 0.0236 e. The molecule has 1 saturated heterocycles. The van der Waals surface area contributed by atoms with Gasteiger partial charge in [0.05, 0.1) is 0 Å². The molecule has 2 heteroatoms. The summed E-state index contributed by atoms with van der Waals surface area (Å²) < 4.78 is 0. The molecule has 0 radical (unpaired) electrons. The number of nitrogens with two attached hydrogens (primary N) is 1. The Bertz CT molecular complexity index is 297. The van der Waals surface area contributed by atoms with Crippen molar-refractivity contribution in [1.82, 2.24) is 4.90 Å². The molecule has 0 saturated carbocycles. The standard InChI is InChI=1S/C14H22N2/c15-10-4-8-14-9-5-11-16(14)12-13-6-2-1-3-7-13/h1-3,6-7,14H,4-5,8-12,15H2. The maximum absolute atomic E-state index is 5.59. The van der Waals surface area contributed by atoms with Crippen molar-refractivity contribution in [2.24, 2.45) is 5.73 Å². The number of rotatable bonds is 5. The van der Waals surface area contributed by atoms with Gasteiger partial charge in [0.15, 0.2) is 0 Å². The molecule has 1 aliphatic heterocycles. The van der Waals surface area contributed by atoms with Crippen molar-refractivity contribution in [2.45, 2.75) is 38.3 Å². The molecule has 0 amide bonds. The zero-order chi connectivity index (χ0) is 11.2. The lowest BCUT2D eigenvalue weighted by molar-refractivity contribution is 0.232. The quantitative estimate of drug-likeness (QED) is 0.822. The molecule has 0 aliphatic carbocycles. The van der Waals surface area contributed by atoms with Gasteiger partial charge < -0.3 is 5.73 Å². The van der Waals surface area contributed by atoms with Crippen LogP contribution >= 0.6 is 0 Å². The molecule has 1 atom stereocenters. The van der Waals surface area contributed by atoms with E-state index >= 15 is 0 Å². The first kappa shape index (κ1) is 11.6. The van der Waals surface area contributed by atoms with E-state index in [0.717, 1.165) is 25.6 Å². The first-order valence-electron chi connectivity index (χ1n) is 6.38. The zero-order valence-electron chi connectivity index (χ0n) is 9.94. The molecule has 1 heterocycles. The van der Waals surface area contributed by atoms with Gasteiger partial charge in [-0.1, -0.05) is 30.3 Å². The normalized spacial score (nSPS) is 21.4. The fourth-order valence-electron chi connectivity index (χ4n) is 2.60. The van der Waals surface area contributed by atoms with Crippen LogP contribution in [0.1, 0.15) is 31.2 Å². The molecular formula is C14H22N2. The van der Waals surface area contributed by atoms with Gasteiger partial charge in [-0.15, -0.1) is 0 Å². The Labute approximate surface area is 98.4 Å². The second-order valence-electron chi connectivity index (χ2n) is 4.68. The van der Waals surface area contributed by atoms with Crippen LogP contribution in [0.2, 0.25) is 0 Å². The Morgan fingerprint density at radius 2 is 2.06 bits per heavy atom. The van der Waals surface area contributed by atoms with Crippen LogP contribution < -0.4 is 5.73 Å². The summed E-state index contributed by atoms with van der Waals surface area (Å²) in [6.07, 6.45) is 5.13. The van der Waals surface area contributed by atoms with Crippen molar-refractivity contribution in [3.63, 3.8) is 0 Å². The van der Waals surface area contributed by atoms with Crippen LogP contribution in [0.15, 0.2) is 30.3 Å². The lowest BCUT2D eigenvalue weighted by Gasteiger charge is -2.24. The maximum Gasteiger partial charge on any atom is 0.0236 e. The Kier molecular flexibility index (Phi) is 4.37. The highest BCUT2D eigenvalue weighted by molar-refractivity contribution is 5.14. The molecule has 1 aliphatic rings. The number of hydrogen-bond acceptors (Lipinski definition) is 2. The van der Waals surface area contributed by atoms with Crippen LogP contribution in [0.4, 0.5) is 0 Å². The number of nitrogens with zero attached hydrogens (tertiary/aromatic N) is 1. The van der Waals surface area contributed by atoms with E-state index in [1.165, 1.54) is 31.4 Å². The Balaban J connectivity index is 1.88. The van der Waals surface area contributed by atoms with E-state index in [0.29, 0.717) is 0 Å². The van der Waals surface area contributed by atoms with Crippen molar-refractivity contribution >= 4 is 0 Å². The van der Waals surface area contributed by atoms with Crippen molar-refractivity contribution in [1.29, 1.82) is 0 Å². The van der Waals surface area contributed by atoms with Crippen LogP contribution in [0.5, 0.6) is 0 Å². The van der Waals surface area contributed by atoms with Gasteiger partial charge in [-0.05, 0) is 44.3 Å². The average molecular weight is 218 g/mol. The van der Waals surface area contributed by atoms with Crippen LogP contribution in [-0.4, -0.2) is 24.0 Å². The van der Waals surface area contributed by atoms with Crippen molar-refractivity contribution in [3.8, 4) is 0 Å². The van der Waals surface area contributed by atoms with Crippen molar-refractivity contribution in [2.75, 3.05) is 13.1 Å². The Morgan fingerprint density at radius 3 is 2.81 bits per heavy atom. The van der Waals surface area contributed by atoms with Gasteiger partial charge in [0.1, 0.15) is 0 Å². The van der Waals surface area contributed by atoms with Gasteiger partial charge in [-0.25, -0.2) is 0 Å². The topological polar surface area (TPSA) is 29.3 Å². The summed E-state index contributed by atoms with van der Waals surface area (Å²) in [7, 11) is 0. The SMILES string of the molecule is NCCCC1CCCN1Cc1ccccc1. The summed E-state index contributed by atoms with van der Waals surface area (Å²) in [4.78, 5) is 2.62. The largest absolute Gasteiger partial charge is 0.330 e. The van der Waals surface area contributed by atoms with E-state index in [1.807, 2.05) is 0 Å². The molecule has 2 rings (SSSR count).